The van der Waals surface area contributed by atoms with Gasteiger partial charge in [-0.05, 0) is 128 Å². The molecule has 0 amide bonds. The summed E-state index contributed by atoms with van der Waals surface area (Å²) in [5.74, 6) is -2.38. The van der Waals surface area contributed by atoms with Gasteiger partial charge in [-0.1, -0.05) is 273 Å². The average Bonchev–Trinajstić information content (AvgIpc) is 3.57. The Kier molecular flexibility index (Phi) is 62.1. The van der Waals surface area contributed by atoms with Crippen molar-refractivity contribution in [3.8, 4) is 0 Å². The highest BCUT2D eigenvalue weighted by atomic mass is 16.7. The fraction of sp³-hybridized carbons (Fsp3) is 0.577. The Morgan fingerprint density at radius 3 is 0.954 bits per heavy atom. The molecule has 0 saturated heterocycles. The van der Waals surface area contributed by atoms with Gasteiger partial charge in [-0.2, -0.15) is 0 Å². The van der Waals surface area contributed by atoms with E-state index < -0.39 is 24.3 Å². The molecule has 0 aliphatic carbocycles. The maximum atomic E-state index is 12.9. The number of ether oxygens (including phenoxy) is 4. The zero-order valence-electron chi connectivity index (χ0n) is 55.6. The lowest BCUT2D eigenvalue weighted by Crippen LogP contribution is -2.44. The van der Waals surface area contributed by atoms with Crippen molar-refractivity contribution in [1.82, 2.24) is 0 Å². The third-order valence-electron chi connectivity index (χ3n) is 13.6. The Morgan fingerprint density at radius 2 is 0.632 bits per heavy atom. The molecular formula is C78H123NO8. The maximum Gasteiger partial charge on any atom is 0.306 e. The SMILES string of the molecule is CC/C=C\C/C=C\C/C=C\C/C=C\C/C=C\C/C=C\C/C=C\C/C=C\C/C=C\CCCC(=O)OC(COC(=O)CCCCCCCCCCCCCCCC/C=C\C/C=C\C/C=C\C/C=C\C/C=C\C/C=C\CC)COC(OCC[N+](C)(C)C)C(=O)[O-]. The minimum absolute atomic E-state index is 0.127. The number of hydrogen-bond donors (Lipinski definition) is 0. The van der Waals surface area contributed by atoms with Gasteiger partial charge in [0.05, 0.1) is 40.3 Å². The van der Waals surface area contributed by atoms with Crippen molar-refractivity contribution in [1.29, 1.82) is 0 Å². The molecule has 0 aromatic heterocycles. The standard InChI is InChI=1S/C78H123NO8/c1-6-8-10-12-14-16-18-20-22-24-26-28-30-32-34-36-37-38-39-41-42-44-46-48-50-52-54-56-58-60-62-64-66-68-75(80)85-72-74(73-86-78(77(82)83)84-71-70-79(3,4)5)87-76(81)69-67-65-63-61-59-57-55-53-51-49-47-45-43-40-35-33-31-29-27-25-23-21-19-17-15-13-11-9-7-2/h8-11,14-17,20-23,26-29,32-35,37-38,43,45,49,51,55,57,61,63,74,78H,6-7,12-13,18-19,24-25,30-31,36,39-42,44,46-48,50,52-54,56,58-60,62,64-73H2,1-5H3/b10-8-,11-9-,16-14-,17-15-,22-20-,23-21-,28-26-,29-27-,34-32-,35-33-,38-37-,45-43-,51-49-,57-55-,63-61-. The van der Waals surface area contributed by atoms with Crippen molar-refractivity contribution in [2.45, 2.75) is 245 Å². The number of carboxylic acid groups (broad SMARTS) is 1. The van der Waals surface area contributed by atoms with Crippen LogP contribution in [0.3, 0.4) is 0 Å². The molecule has 0 rings (SSSR count). The van der Waals surface area contributed by atoms with Crippen LogP contribution in [0.15, 0.2) is 182 Å². The Morgan fingerprint density at radius 1 is 0.345 bits per heavy atom. The number of allylic oxidation sites excluding steroid dienone is 30. The molecule has 2 unspecified atom stereocenters. The van der Waals surface area contributed by atoms with E-state index in [1.807, 2.05) is 21.1 Å². The second-order valence-electron chi connectivity index (χ2n) is 23.0. The Bertz CT molecular complexity index is 2080. The molecule has 0 bridgehead atoms. The summed E-state index contributed by atoms with van der Waals surface area (Å²) >= 11 is 0. The zero-order valence-corrected chi connectivity index (χ0v) is 55.6. The molecule has 0 N–H and O–H groups in total. The number of esters is 2. The molecule has 0 aromatic carbocycles. The van der Waals surface area contributed by atoms with E-state index in [0.29, 0.717) is 23.9 Å². The number of hydrogen-bond acceptors (Lipinski definition) is 8. The highest BCUT2D eigenvalue weighted by molar-refractivity contribution is 5.70. The summed E-state index contributed by atoms with van der Waals surface area (Å²) in [4.78, 5) is 37.4. The van der Waals surface area contributed by atoms with Gasteiger partial charge in [-0.15, -0.1) is 0 Å². The fourth-order valence-electron chi connectivity index (χ4n) is 8.54. The molecule has 0 aromatic rings. The smallest absolute Gasteiger partial charge is 0.306 e. The average molecular weight is 1200 g/mol. The number of carbonyl (C=O) groups excluding carboxylic acids is 3. The van der Waals surface area contributed by atoms with Crippen LogP contribution in [-0.4, -0.2) is 82.3 Å². The number of carboxylic acids is 1. The van der Waals surface area contributed by atoms with Crippen LogP contribution >= 0.6 is 0 Å². The van der Waals surface area contributed by atoms with Crippen LogP contribution in [0.1, 0.15) is 232 Å². The number of rotatable bonds is 60. The van der Waals surface area contributed by atoms with Crippen LogP contribution in [0.4, 0.5) is 0 Å². The summed E-state index contributed by atoms with van der Waals surface area (Å²) in [5.41, 5.74) is 0. The van der Waals surface area contributed by atoms with Crippen LogP contribution in [0.25, 0.3) is 0 Å². The van der Waals surface area contributed by atoms with Crippen molar-refractivity contribution in [2.24, 2.45) is 0 Å². The van der Waals surface area contributed by atoms with E-state index in [-0.39, 0.29) is 38.6 Å². The number of aliphatic carboxylic acids is 1. The van der Waals surface area contributed by atoms with Crippen molar-refractivity contribution < 1.29 is 42.9 Å². The van der Waals surface area contributed by atoms with Gasteiger partial charge < -0.3 is 33.3 Å². The van der Waals surface area contributed by atoms with E-state index in [4.69, 9.17) is 18.9 Å². The summed E-state index contributed by atoms with van der Waals surface area (Å²) in [7, 11) is 5.90. The molecule has 0 radical (unpaired) electrons. The molecule has 488 valence electrons. The van der Waals surface area contributed by atoms with Crippen LogP contribution in [0, 0.1) is 0 Å². The van der Waals surface area contributed by atoms with E-state index in [1.165, 1.54) is 70.6 Å². The molecule has 9 nitrogen and oxygen atoms in total. The molecule has 2 atom stereocenters. The van der Waals surface area contributed by atoms with Crippen LogP contribution in [0.5, 0.6) is 0 Å². The Labute approximate surface area is 532 Å². The highest BCUT2D eigenvalue weighted by Gasteiger charge is 2.22. The van der Waals surface area contributed by atoms with Crippen molar-refractivity contribution >= 4 is 17.9 Å². The summed E-state index contributed by atoms with van der Waals surface area (Å²) in [6, 6.07) is 0. The summed E-state index contributed by atoms with van der Waals surface area (Å²) in [6.45, 7) is 4.43. The van der Waals surface area contributed by atoms with Gasteiger partial charge in [0.2, 0.25) is 0 Å². The third kappa shape index (κ3) is 67.8. The molecular weight excluding hydrogens is 1080 g/mol. The van der Waals surface area contributed by atoms with Gasteiger partial charge in [-0.3, -0.25) is 9.59 Å². The molecule has 0 fully saturated rings. The van der Waals surface area contributed by atoms with Gasteiger partial charge in [0, 0.05) is 12.8 Å². The molecule has 0 spiro atoms. The number of nitrogens with zero attached hydrogens (tertiary/aromatic N) is 1. The van der Waals surface area contributed by atoms with Crippen LogP contribution in [-0.2, 0) is 33.3 Å². The van der Waals surface area contributed by atoms with Crippen molar-refractivity contribution in [3.05, 3.63) is 182 Å². The predicted octanol–water partition coefficient (Wildman–Crippen LogP) is 19.9. The minimum Gasteiger partial charge on any atom is -0.545 e. The molecule has 0 saturated carbocycles. The summed E-state index contributed by atoms with van der Waals surface area (Å²) in [6.07, 6.45) is 98.3. The van der Waals surface area contributed by atoms with E-state index in [2.05, 4.69) is 196 Å². The fourth-order valence-corrected chi connectivity index (χ4v) is 8.54. The van der Waals surface area contributed by atoms with E-state index >= 15 is 0 Å². The van der Waals surface area contributed by atoms with Crippen LogP contribution < -0.4 is 5.11 Å². The molecule has 0 heterocycles. The Balaban J connectivity index is 4.28. The van der Waals surface area contributed by atoms with Crippen molar-refractivity contribution in [3.63, 3.8) is 0 Å². The normalized spacial score (nSPS) is 13.9. The number of carbonyl (C=O) groups is 3. The van der Waals surface area contributed by atoms with Crippen LogP contribution in [0.2, 0.25) is 0 Å². The first-order chi connectivity index (χ1) is 42.6. The third-order valence-corrected chi connectivity index (χ3v) is 13.6. The van der Waals surface area contributed by atoms with E-state index in [0.717, 1.165) is 122 Å². The highest BCUT2D eigenvalue weighted by Crippen LogP contribution is 2.15. The zero-order chi connectivity index (χ0) is 63.3. The summed E-state index contributed by atoms with van der Waals surface area (Å²) in [5, 5.41) is 11.8. The molecule has 87 heavy (non-hydrogen) atoms. The first kappa shape index (κ1) is 81.4. The molecule has 9 heteroatoms. The predicted molar refractivity (Wildman–Crippen MR) is 370 cm³/mol. The van der Waals surface area contributed by atoms with Gasteiger partial charge in [0.25, 0.3) is 0 Å². The first-order valence-corrected chi connectivity index (χ1v) is 33.9. The van der Waals surface area contributed by atoms with E-state index in [9.17, 15) is 19.5 Å². The van der Waals surface area contributed by atoms with Crippen molar-refractivity contribution in [2.75, 3.05) is 47.5 Å². The second-order valence-corrected chi connectivity index (χ2v) is 23.0. The minimum atomic E-state index is -1.65. The monoisotopic (exact) mass is 1200 g/mol. The van der Waals surface area contributed by atoms with Gasteiger partial charge >= 0.3 is 11.9 Å². The molecule has 0 aliphatic rings. The topological polar surface area (TPSA) is 111 Å². The van der Waals surface area contributed by atoms with Gasteiger partial charge in [-0.25, -0.2) is 0 Å². The largest absolute Gasteiger partial charge is 0.545 e. The molecule has 0 aliphatic heterocycles. The lowest BCUT2D eigenvalue weighted by atomic mass is 10.0. The van der Waals surface area contributed by atoms with Gasteiger partial charge in [0.1, 0.15) is 13.2 Å². The summed E-state index contributed by atoms with van der Waals surface area (Å²) < 4.78 is 22.7. The lowest BCUT2D eigenvalue weighted by molar-refractivity contribution is -0.870. The number of quaternary nitrogens is 1. The quantitative estimate of drug-likeness (QED) is 0.0195. The number of likely N-dealkylation sites (N-methyl/N-ethyl adjacent to an activating group) is 1. The maximum absolute atomic E-state index is 12.9. The first-order valence-electron chi connectivity index (χ1n) is 33.9. The lowest BCUT2D eigenvalue weighted by Gasteiger charge is -2.26. The Hall–Kier alpha value is -5.61. The van der Waals surface area contributed by atoms with E-state index in [1.54, 1.807) is 0 Å². The number of unbranched alkanes of at least 4 members (excludes halogenated alkanes) is 15. The van der Waals surface area contributed by atoms with Gasteiger partial charge in [0.15, 0.2) is 12.4 Å². The second kappa shape index (κ2) is 66.3.